The molecular formula is C16H19FN2O. The smallest absolute Gasteiger partial charge is 0.167 e. The van der Waals surface area contributed by atoms with Crippen molar-refractivity contribution in [2.75, 3.05) is 24.8 Å². The summed E-state index contributed by atoms with van der Waals surface area (Å²) in [6.45, 7) is 2.77. The van der Waals surface area contributed by atoms with E-state index in [1.165, 1.54) is 24.3 Å². The van der Waals surface area contributed by atoms with E-state index in [9.17, 15) is 4.39 Å². The summed E-state index contributed by atoms with van der Waals surface area (Å²) in [5.41, 5.74) is 9.48. The maximum absolute atomic E-state index is 13.6. The van der Waals surface area contributed by atoms with Gasteiger partial charge in [0, 0.05) is 25.7 Å². The summed E-state index contributed by atoms with van der Waals surface area (Å²) in [6, 6.07) is 11.1. The van der Waals surface area contributed by atoms with E-state index in [4.69, 9.17) is 10.5 Å². The standard InChI is InChI=1S/C16H19FN2O/c1-11-6-4-5-7-12(11)10-19(2)15-9-16(20-3)13(17)8-14(15)18/h4-9H,10,18H2,1-3H3. The summed E-state index contributed by atoms with van der Waals surface area (Å²) >= 11 is 0. The molecule has 0 heterocycles. The fraction of sp³-hybridized carbons (Fsp3) is 0.250. The molecule has 3 nitrogen and oxygen atoms in total. The van der Waals surface area contributed by atoms with Gasteiger partial charge in [0.2, 0.25) is 0 Å². The Kier molecular flexibility index (Phi) is 4.13. The molecule has 0 amide bonds. The summed E-state index contributed by atoms with van der Waals surface area (Å²) in [5, 5.41) is 0. The first-order valence-electron chi connectivity index (χ1n) is 6.41. The first-order valence-corrected chi connectivity index (χ1v) is 6.41. The Hall–Kier alpha value is -2.23. The van der Waals surface area contributed by atoms with E-state index in [2.05, 4.69) is 19.1 Å². The molecule has 0 bridgehead atoms. The lowest BCUT2D eigenvalue weighted by atomic mass is 10.1. The van der Waals surface area contributed by atoms with Gasteiger partial charge in [-0.15, -0.1) is 0 Å². The number of methoxy groups -OCH3 is 1. The number of nitrogens with two attached hydrogens (primary N) is 1. The highest BCUT2D eigenvalue weighted by Gasteiger charge is 2.12. The van der Waals surface area contributed by atoms with Crippen molar-refractivity contribution in [1.82, 2.24) is 0 Å². The molecule has 0 unspecified atom stereocenters. The molecule has 0 radical (unpaired) electrons. The van der Waals surface area contributed by atoms with Gasteiger partial charge >= 0.3 is 0 Å². The van der Waals surface area contributed by atoms with E-state index in [-0.39, 0.29) is 5.75 Å². The van der Waals surface area contributed by atoms with Gasteiger partial charge < -0.3 is 15.4 Å². The Morgan fingerprint density at radius 3 is 2.60 bits per heavy atom. The van der Waals surface area contributed by atoms with Gasteiger partial charge in [0.05, 0.1) is 18.5 Å². The van der Waals surface area contributed by atoms with Crippen LogP contribution >= 0.6 is 0 Å². The van der Waals surface area contributed by atoms with E-state index >= 15 is 0 Å². The van der Waals surface area contributed by atoms with Crippen LogP contribution in [0.4, 0.5) is 15.8 Å². The Bertz CT molecular complexity index is 613. The molecule has 0 saturated carbocycles. The van der Waals surface area contributed by atoms with Crippen LogP contribution in [0.15, 0.2) is 36.4 Å². The van der Waals surface area contributed by atoms with Crippen molar-refractivity contribution in [2.24, 2.45) is 0 Å². The fourth-order valence-corrected chi connectivity index (χ4v) is 2.17. The maximum atomic E-state index is 13.6. The third-order valence-corrected chi connectivity index (χ3v) is 3.38. The summed E-state index contributed by atoms with van der Waals surface area (Å²) in [6.07, 6.45) is 0. The second-order valence-corrected chi connectivity index (χ2v) is 4.83. The van der Waals surface area contributed by atoms with Crippen LogP contribution in [-0.2, 0) is 6.54 Å². The van der Waals surface area contributed by atoms with Gasteiger partial charge in [-0.1, -0.05) is 24.3 Å². The number of nitrogens with zero attached hydrogens (tertiary/aromatic N) is 1. The van der Waals surface area contributed by atoms with Crippen LogP contribution in [0.2, 0.25) is 0 Å². The van der Waals surface area contributed by atoms with Gasteiger partial charge in [-0.05, 0) is 18.1 Å². The van der Waals surface area contributed by atoms with Gasteiger partial charge in [-0.2, -0.15) is 0 Å². The van der Waals surface area contributed by atoms with E-state index in [0.29, 0.717) is 12.2 Å². The van der Waals surface area contributed by atoms with E-state index in [1.54, 1.807) is 6.07 Å². The molecule has 2 rings (SSSR count). The summed E-state index contributed by atoms with van der Waals surface area (Å²) < 4.78 is 18.6. The van der Waals surface area contributed by atoms with Crippen LogP contribution in [0, 0.1) is 12.7 Å². The van der Waals surface area contributed by atoms with E-state index in [0.717, 1.165) is 5.69 Å². The van der Waals surface area contributed by atoms with Gasteiger partial charge in [0.15, 0.2) is 11.6 Å². The van der Waals surface area contributed by atoms with Crippen molar-refractivity contribution in [3.05, 3.63) is 53.3 Å². The molecule has 106 valence electrons. The molecule has 2 N–H and O–H groups in total. The highest BCUT2D eigenvalue weighted by Crippen LogP contribution is 2.31. The van der Waals surface area contributed by atoms with Gasteiger partial charge in [0.25, 0.3) is 0 Å². The first kappa shape index (κ1) is 14.2. The normalized spacial score (nSPS) is 10.4. The van der Waals surface area contributed by atoms with Crippen molar-refractivity contribution in [3.8, 4) is 5.75 Å². The molecule has 2 aromatic rings. The predicted octanol–water partition coefficient (Wildman–Crippen LogP) is 3.36. The number of hydrogen-bond donors (Lipinski definition) is 1. The van der Waals surface area contributed by atoms with Crippen molar-refractivity contribution in [2.45, 2.75) is 13.5 Å². The molecule has 0 aromatic heterocycles. The molecule has 0 aliphatic carbocycles. The number of halogens is 1. The molecule has 0 aliphatic heterocycles. The molecule has 0 aliphatic rings. The lowest BCUT2D eigenvalue weighted by Crippen LogP contribution is -2.18. The Morgan fingerprint density at radius 1 is 1.25 bits per heavy atom. The topological polar surface area (TPSA) is 38.5 Å². The number of aryl methyl sites for hydroxylation is 1. The zero-order valence-corrected chi connectivity index (χ0v) is 12.0. The lowest BCUT2D eigenvalue weighted by Gasteiger charge is -2.23. The minimum Gasteiger partial charge on any atom is -0.494 e. The van der Waals surface area contributed by atoms with E-state index in [1.807, 2.05) is 24.1 Å². The molecule has 0 saturated heterocycles. The molecule has 20 heavy (non-hydrogen) atoms. The minimum absolute atomic E-state index is 0.200. The zero-order chi connectivity index (χ0) is 14.7. The second kappa shape index (κ2) is 5.82. The molecule has 4 heteroatoms. The summed E-state index contributed by atoms with van der Waals surface area (Å²) in [4.78, 5) is 1.99. The number of anilines is 2. The average molecular weight is 274 g/mol. The molecular weight excluding hydrogens is 255 g/mol. The van der Waals surface area contributed by atoms with Gasteiger partial charge in [0.1, 0.15) is 0 Å². The summed E-state index contributed by atoms with van der Waals surface area (Å²) in [5.74, 6) is -0.246. The molecule has 0 fully saturated rings. The van der Waals surface area contributed by atoms with E-state index < -0.39 is 5.82 Å². The summed E-state index contributed by atoms with van der Waals surface area (Å²) in [7, 11) is 3.37. The Labute approximate surface area is 118 Å². The number of hydrogen-bond acceptors (Lipinski definition) is 3. The van der Waals surface area contributed by atoms with Gasteiger partial charge in [-0.3, -0.25) is 0 Å². The third kappa shape index (κ3) is 2.85. The molecule has 0 spiro atoms. The van der Waals surface area contributed by atoms with Crippen LogP contribution in [0.25, 0.3) is 0 Å². The first-order chi connectivity index (χ1) is 9.52. The van der Waals surface area contributed by atoms with Crippen molar-refractivity contribution < 1.29 is 9.13 Å². The minimum atomic E-state index is -0.446. The number of ether oxygens (including phenoxy) is 1. The monoisotopic (exact) mass is 274 g/mol. The highest BCUT2D eigenvalue weighted by atomic mass is 19.1. The van der Waals surface area contributed by atoms with Crippen LogP contribution in [0.5, 0.6) is 5.75 Å². The second-order valence-electron chi connectivity index (χ2n) is 4.83. The fourth-order valence-electron chi connectivity index (χ4n) is 2.17. The quantitative estimate of drug-likeness (QED) is 0.869. The van der Waals surface area contributed by atoms with Crippen LogP contribution in [-0.4, -0.2) is 14.2 Å². The van der Waals surface area contributed by atoms with Crippen LogP contribution in [0.1, 0.15) is 11.1 Å². The average Bonchev–Trinajstić information content (AvgIpc) is 2.41. The van der Waals surface area contributed by atoms with Crippen molar-refractivity contribution in [3.63, 3.8) is 0 Å². The van der Waals surface area contributed by atoms with Crippen LogP contribution < -0.4 is 15.4 Å². The highest BCUT2D eigenvalue weighted by molar-refractivity contribution is 5.69. The SMILES string of the molecule is COc1cc(N(C)Cc2ccccc2C)c(N)cc1F. The van der Waals surface area contributed by atoms with Crippen molar-refractivity contribution in [1.29, 1.82) is 0 Å². The largest absolute Gasteiger partial charge is 0.494 e. The third-order valence-electron chi connectivity index (χ3n) is 3.38. The lowest BCUT2D eigenvalue weighted by molar-refractivity contribution is 0.387. The number of rotatable bonds is 4. The Balaban J connectivity index is 2.30. The number of benzene rings is 2. The number of nitrogen functional groups attached to an aromatic ring is 1. The van der Waals surface area contributed by atoms with Crippen molar-refractivity contribution >= 4 is 11.4 Å². The zero-order valence-electron chi connectivity index (χ0n) is 12.0. The van der Waals surface area contributed by atoms with Gasteiger partial charge in [-0.25, -0.2) is 4.39 Å². The Morgan fingerprint density at radius 2 is 1.95 bits per heavy atom. The molecule has 2 aromatic carbocycles. The predicted molar refractivity (Wildman–Crippen MR) is 80.7 cm³/mol. The van der Waals surface area contributed by atoms with Crippen LogP contribution in [0.3, 0.4) is 0 Å². The maximum Gasteiger partial charge on any atom is 0.167 e. The molecule has 0 atom stereocenters.